The van der Waals surface area contributed by atoms with Crippen molar-refractivity contribution < 1.29 is 52.5 Å². The molecule has 0 spiro atoms. The smallest absolute Gasteiger partial charge is 0.412 e. The van der Waals surface area contributed by atoms with Crippen LogP contribution in [0.1, 0.15) is 11.1 Å². The van der Waals surface area contributed by atoms with Gasteiger partial charge in [0.05, 0.1) is 0 Å². The molecule has 0 aliphatic carbocycles. The summed E-state index contributed by atoms with van der Waals surface area (Å²) < 4.78 is 24.3. The van der Waals surface area contributed by atoms with Gasteiger partial charge in [0, 0.05) is 34.9 Å². The summed E-state index contributed by atoms with van der Waals surface area (Å²) in [6.07, 6.45) is -0.577. The molecule has 0 bridgehead atoms. The quantitative estimate of drug-likeness (QED) is 0.104. The van der Waals surface area contributed by atoms with E-state index in [-0.39, 0.29) is 32.1 Å². The first-order valence-corrected chi connectivity index (χ1v) is 12.9. The second kappa shape index (κ2) is 17.8. The van der Waals surface area contributed by atoms with Crippen molar-refractivity contribution in [3.63, 3.8) is 0 Å². The third kappa shape index (κ3) is 12.8. The highest BCUT2D eigenvalue weighted by molar-refractivity contribution is 5.96. The van der Waals surface area contributed by atoms with Crippen molar-refractivity contribution in [2.45, 2.75) is 13.8 Å². The first-order valence-electron chi connectivity index (χ1n) is 12.9. The molecule has 0 radical (unpaired) electrons. The lowest BCUT2D eigenvalue weighted by Crippen LogP contribution is -2.24. The van der Waals surface area contributed by atoms with Crippen molar-refractivity contribution in [2.75, 3.05) is 54.3 Å². The zero-order valence-corrected chi connectivity index (χ0v) is 24.1. The van der Waals surface area contributed by atoms with Gasteiger partial charge in [-0.25, -0.2) is 24.0 Å². The van der Waals surface area contributed by atoms with Gasteiger partial charge in [-0.1, -0.05) is 25.3 Å². The second-order valence-electron chi connectivity index (χ2n) is 8.57. The maximum Gasteiger partial charge on any atom is 0.412 e. The zero-order chi connectivity index (χ0) is 32.5. The number of esters is 2. The largest absolute Gasteiger partial charge is 0.459 e. The van der Waals surface area contributed by atoms with Crippen LogP contribution in [0.2, 0.25) is 0 Å². The molecule has 0 unspecified atom stereocenters. The summed E-state index contributed by atoms with van der Waals surface area (Å²) in [5.74, 6) is -1.95. The van der Waals surface area contributed by atoms with E-state index < -0.39 is 42.7 Å². The van der Waals surface area contributed by atoms with E-state index in [1.165, 1.54) is 12.1 Å². The number of amides is 4. The van der Waals surface area contributed by atoms with E-state index >= 15 is 0 Å². The second-order valence-corrected chi connectivity index (χ2v) is 8.57. The Morgan fingerprint density at radius 2 is 1.00 bits per heavy atom. The van der Waals surface area contributed by atoms with Crippen LogP contribution in [-0.2, 0) is 38.1 Å². The van der Waals surface area contributed by atoms with E-state index in [9.17, 15) is 28.8 Å². The molecule has 0 saturated heterocycles. The minimum atomic E-state index is -0.936. The molecule has 0 aliphatic rings. The molecule has 0 heterocycles. The van der Waals surface area contributed by atoms with Crippen molar-refractivity contribution in [2.24, 2.45) is 0 Å². The molecular formula is C29H32N4O11. The molecule has 0 aliphatic heterocycles. The SMILES string of the molecule is C=CC(=O)OCCOC(=O)Nc1cc(NC(=O)COC(=O)Nc2ccc(C)c(NC(=O)OCCOC(=O)C=C)c2)ccc1C. The number of carbonyl (C=O) groups is 6. The highest BCUT2D eigenvalue weighted by Gasteiger charge is 2.13. The van der Waals surface area contributed by atoms with Crippen molar-refractivity contribution in [3.05, 3.63) is 72.8 Å². The third-order valence-electron chi connectivity index (χ3n) is 5.27. The van der Waals surface area contributed by atoms with Crippen LogP contribution in [0.4, 0.5) is 37.1 Å². The topological polar surface area (TPSA) is 197 Å². The van der Waals surface area contributed by atoms with Crippen molar-refractivity contribution in [1.82, 2.24) is 0 Å². The van der Waals surface area contributed by atoms with Gasteiger partial charge in [-0.15, -0.1) is 0 Å². The summed E-state index contributed by atoms with van der Waals surface area (Å²) >= 11 is 0. The van der Waals surface area contributed by atoms with Gasteiger partial charge in [-0.3, -0.25) is 20.7 Å². The maximum absolute atomic E-state index is 12.4. The van der Waals surface area contributed by atoms with Crippen molar-refractivity contribution in [3.8, 4) is 0 Å². The Bertz CT molecular complexity index is 1300. The number of carbonyl (C=O) groups excluding carboxylic acids is 6. The summed E-state index contributed by atoms with van der Waals surface area (Å²) in [6, 6.07) is 9.34. The molecule has 234 valence electrons. The van der Waals surface area contributed by atoms with E-state index in [0.717, 1.165) is 12.2 Å². The normalized spacial score (nSPS) is 9.86. The van der Waals surface area contributed by atoms with Crippen LogP contribution in [-0.4, -0.2) is 69.2 Å². The molecule has 0 saturated carbocycles. The van der Waals surface area contributed by atoms with Gasteiger partial charge in [0.15, 0.2) is 6.61 Å². The van der Waals surface area contributed by atoms with Crippen LogP contribution in [0.3, 0.4) is 0 Å². The van der Waals surface area contributed by atoms with E-state index in [1.807, 2.05) is 0 Å². The average molecular weight is 613 g/mol. The molecule has 2 aromatic carbocycles. The van der Waals surface area contributed by atoms with Gasteiger partial charge < -0.3 is 29.0 Å². The summed E-state index contributed by atoms with van der Waals surface area (Å²) in [5, 5.41) is 10.0. The Morgan fingerprint density at radius 1 is 0.591 bits per heavy atom. The molecular weight excluding hydrogens is 580 g/mol. The Balaban J connectivity index is 1.81. The summed E-state index contributed by atoms with van der Waals surface area (Å²) in [6.45, 7) is 8.67. The summed E-state index contributed by atoms with van der Waals surface area (Å²) in [7, 11) is 0. The van der Waals surface area contributed by atoms with E-state index in [1.54, 1.807) is 38.1 Å². The predicted octanol–water partition coefficient (Wildman–Crippen LogP) is 4.05. The van der Waals surface area contributed by atoms with Gasteiger partial charge in [-0.2, -0.15) is 0 Å². The number of ether oxygens (including phenoxy) is 5. The highest BCUT2D eigenvalue weighted by Crippen LogP contribution is 2.22. The van der Waals surface area contributed by atoms with E-state index in [0.29, 0.717) is 28.2 Å². The number of hydrogen-bond donors (Lipinski definition) is 4. The van der Waals surface area contributed by atoms with Gasteiger partial charge in [0.1, 0.15) is 26.4 Å². The van der Waals surface area contributed by atoms with Crippen molar-refractivity contribution >= 4 is 58.9 Å². The van der Waals surface area contributed by atoms with Gasteiger partial charge in [-0.05, 0) is 49.2 Å². The molecule has 15 heteroatoms. The number of hydrogen-bond acceptors (Lipinski definition) is 11. The predicted molar refractivity (Wildman–Crippen MR) is 158 cm³/mol. The molecule has 0 atom stereocenters. The van der Waals surface area contributed by atoms with Gasteiger partial charge in [0.25, 0.3) is 5.91 Å². The minimum Gasteiger partial charge on any atom is -0.459 e. The summed E-state index contributed by atoms with van der Waals surface area (Å²) in [4.78, 5) is 70.7. The van der Waals surface area contributed by atoms with Crippen LogP contribution in [0.5, 0.6) is 0 Å². The van der Waals surface area contributed by atoms with Crippen LogP contribution in [0, 0.1) is 13.8 Å². The number of benzene rings is 2. The van der Waals surface area contributed by atoms with Crippen LogP contribution < -0.4 is 21.3 Å². The summed E-state index contributed by atoms with van der Waals surface area (Å²) in [5.41, 5.74) is 2.57. The monoisotopic (exact) mass is 612 g/mol. The molecule has 2 rings (SSSR count). The third-order valence-corrected chi connectivity index (χ3v) is 5.27. The Hall–Kier alpha value is -5.86. The van der Waals surface area contributed by atoms with Crippen molar-refractivity contribution in [1.29, 1.82) is 0 Å². The van der Waals surface area contributed by atoms with Gasteiger partial charge in [0.2, 0.25) is 0 Å². The minimum absolute atomic E-state index is 0.143. The first kappa shape index (κ1) is 34.3. The fourth-order valence-corrected chi connectivity index (χ4v) is 3.11. The van der Waals surface area contributed by atoms with Crippen LogP contribution in [0.15, 0.2) is 61.7 Å². The number of aryl methyl sites for hydroxylation is 2. The molecule has 2 aromatic rings. The Morgan fingerprint density at radius 3 is 1.45 bits per heavy atom. The lowest BCUT2D eigenvalue weighted by molar-refractivity contribution is -0.139. The molecule has 0 fully saturated rings. The Kier molecular flexibility index (Phi) is 13.9. The number of anilines is 4. The molecule has 4 N–H and O–H groups in total. The standard InChI is InChI=1S/C29H32N4O11/c1-5-25(35)40-11-13-42-28(38)32-22-15-20(9-7-18(22)3)30-24(34)17-44-27(37)31-21-10-8-19(4)23(16-21)33-29(39)43-14-12-41-26(36)6-2/h5-10,15-16H,1-2,11-14,17H2,3-4H3,(H,30,34)(H,31,37)(H,32,38)(H,33,39). The molecule has 4 amide bonds. The first-order chi connectivity index (χ1) is 21.0. The van der Waals surface area contributed by atoms with Gasteiger partial charge >= 0.3 is 30.2 Å². The van der Waals surface area contributed by atoms with Crippen LogP contribution in [0.25, 0.3) is 0 Å². The number of nitrogens with one attached hydrogen (secondary N) is 4. The number of rotatable bonds is 14. The fourth-order valence-electron chi connectivity index (χ4n) is 3.11. The lowest BCUT2D eigenvalue weighted by atomic mass is 10.2. The fraction of sp³-hybridized carbons (Fsp3) is 0.241. The molecule has 15 nitrogen and oxygen atoms in total. The zero-order valence-electron chi connectivity index (χ0n) is 24.1. The highest BCUT2D eigenvalue weighted by atomic mass is 16.6. The Labute approximate surface area is 252 Å². The van der Waals surface area contributed by atoms with E-state index in [2.05, 4.69) is 34.4 Å². The molecule has 44 heavy (non-hydrogen) atoms. The lowest BCUT2D eigenvalue weighted by Gasteiger charge is -2.13. The van der Waals surface area contributed by atoms with Crippen LogP contribution >= 0.6 is 0 Å². The molecule has 0 aromatic heterocycles. The van der Waals surface area contributed by atoms with E-state index in [4.69, 9.17) is 23.7 Å². The average Bonchev–Trinajstić information content (AvgIpc) is 2.99. The maximum atomic E-state index is 12.4.